The highest BCUT2D eigenvalue weighted by Gasteiger charge is 2.16. The largest absolute Gasteiger partial charge is 0.495 e. The summed E-state index contributed by atoms with van der Waals surface area (Å²) >= 11 is 0. The lowest BCUT2D eigenvalue weighted by atomic mass is 10.0. The summed E-state index contributed by atoms with van der Waals surface area (Å²) in [5.74, 6) is 0.0369. The standard InChI is InChI=1S/C17H18N2O4/c1-10-7-12(3)14(8-11(10)2)17(20)18-15-9-13(19(21)22)5-6-16(15)23-4/h5-9H,1-4H3,(H,18,20). The highest BCUT2D eigenvalue weighted by molar-refractivity contribution is 6.06. The number of hydrogen-bond acceptors (Lipinski definition) is 4. The van der Waals surface area contributed by atoms with Gasteiger partial charge in [0.2, 0.25) is 0 Å². The van der Waals surface area contributed by atoms with Gasteiger partial charge in [-0.3, -0.25) is 14.9 Å². The zero-order chi connectivity index (χ0) is 17.1. The van der Waals surface area contributed by atoms with E-state index in [2.05, 4.69) is 5.32 Å². The molecule has 0 aliphatic rings. The number of nitro groups is 1. The van der Waals surface area contributed by atoms with Crippen LogP contribution in [-0.4, -0.2) is 17.9 Å². The highest BCUT2D eigenvalue weighted by atomic mass is 16.6. The molecule has 0 aliphatic carbocycles. The van der Waals surface area contributed by atoms with Crippen LogP contribution in [0.2, 0.25) is 0 Å². The number of anilines is 1. The van der Waals surface area contributed by atoms with Crippen LogP contribution in [-0.2, 0) is 0 Å². The molecule has 2 aromatic rings. The van der Waals surface area contributed by atoms with E-state index in [-0.39, 0.29) is 17.3 Å². The summed E-state index contributed by atoms with van der Waals surface area (Å²) in [6.45, 7) is 5.76. The lowest BCUT2D eigenvalue weighted by molar-refractivity contribution is -0.384. The van der Waals surface area contributed by atoms with E-state index in [1.54, 1.807) is 0 Å². The van der Waals surface area contributed by atoms with E-state index in [9.17, 15) is 14.9 Å². The minimum atomic E-state index is -0.517. The molecule has 0 unspecified atom stereocenters. The Morgan fingerprint density at radius 1 is 1.09 bits per heavy atom. The van der Waals surface area contributed by atoms with Crippen molar-refractivity contribution in [1.82, 2.24) is 0 Å². The number of non-ortho nitro benzene ring substituents is 1. The fourth-order valence-corrected chi connectivity index (χ4v) is 2.30. The quantitative estimate of drug-likeness (QED) is 0.687. The van der Waals surface area contributed by atoms with Gasteiger partial charge in [0.05, 0.1) is 17.7 Å². The summed E-state index contributed by atoms with van der Waals surface area (Å²) in [5, 5.41) is 13.6. The maximum Gasteiger partial charge on any atom is 0.271 e. The minimum absolute atomic E-state index is 0.113. The Labute approximate surface area is 134 Å². The van der Waals surface area contributed by atoms with Crippen molar-refractivity contribution in [3.8, 4) is 5.75 Å². The molecule has 23 heavy (non-hydrogen) atoms. The van der Waals surface area contributed by atoms with E-state index in [1.165, 1.54) is 25.3 Å². The topological polar surface area (TPSA) is 81.5 Å². The molecule has 0 spiro atoms. The van der Waals surface area contributed by atoms with Gasteiger partial charge in [-0.1, -0.05) is 6.07 Å². The second-order valence-electron chi connectivity index (χ2n) is 5.35. The van der Waals surface area contributed by atoms with Gasteiger partial charge in [0.25, 0.3) is 11.6 Å². The van der Waals surface area contributed by atoms with Gasteiger partial charge in [-0.05, 0) is 49.6 Å². The van der Waals surface area contributed by atoms with Crippen LogP contribution in [0.4, 0.5) is 11.4 Å². The second kappa shape index (κ2) is 6.48. The van der Waals surface area contributed by atoms with Gasteiger partial charge in [-0.25, -0.2) is 0 Å². The zero-order valence-electron chi connectivity index (χ0n) is 13.5. The van der Waals surface area contributed by atoms with Gasteiger partial charge in [-0.2, -0.15) is 0 Å². The van der Waals surface area contributed by atoms with Gasteiger partial charge in [0, 0.05) is 17.7 Å². The van der Waals surface area contributed by atoms with Gasteiger partial charge >= 0.3 is 0 Å². The van der Waals surface area contributed by atoms with Gasteiger partial charge in [-0.15, -0.1) is 0 Å². The number of hydrogen-bond donors (Lipinski definition) is 1. The summed E-state index contributed by atoms with van der Waals surface area (Å²) in [7, 11) is 1.44. The first-order chi connectivity index (χ1) is 10.8. The molecule has 1 amide bonds. The van der Waals surface area contributed by atoms with E-state index in [1.807, 2.05) is 32.9 Å². The lowest BCUT2D eigenvalue weighted by Gasteiger charge is -2.12. The first-order valence-electron chi connectivity index (χ1n) is 7.05. The van der Waals surface area contributed by atoms with Crippen molar-refractivity contribution in [2.45, 2.75) is 20.8 Å². The molecule has 2 rings (SSSR count). The highest BCUT2D eigenvalue weighted by Crippen LogP contribution is 2.29. The van der Waals surface area contributed by atoms with Crippen LogP contribution < -0.4 is 10.1 Å². The molecule has 120 valence electrons. The summed E-state index contributed by atoms with van der Waals surface area (Å²) in [4.78, 5) is 22.9. The normalized spacial score (nSPS) is 10.3. The molecule has 0 aliphatic heterocycles. The monoisotopic (exact) mass is 314 g/mol. The van der Waals surface area contributed by atoms with Crippen LogP contribution >= 0.6 is 0 Å². The molecule has 0 saturated heterocycles. The van der Waals surface area contributed by atoms with Gasteiger partial charge < -0.3 is 10.1 Å². The van der Waals surface area contributed by atoms with Crippen LogP contribution in [0.15, 0.2) is 30.3 Å². The number of aryl methyl sites for hydroxylation is 3. The van der Waals surface area contributed by atoms with Crippen LogP contribution in [0.1, 0.15) is 27.0 Å². The third-order valence-electron chi connectivity index (χ3n) is 3.73. The number of rotatable bonds is 4. The minimum Gasteiger partial charge on any atom is -0.495 e. The molecule has 0 radical (unpaired) electrons. The van der Waals surface area contributed by atoms with Crippen molar-refractivity contribution in [1.29, 1.82) is 0 Å². The Morgan fingerprint density at radius 3 is 2.35 bits per heavy atom. The number of nitrogens with zero attached hydrogens (tertiary/aromatic N) is 1. The molecule has 0 atom stereocenters. The number of amides is 1. The van der Waals surface area contributed by atoms with Crippen LogP contribution in [0, 0.1) is 30.9 Å². The van der Waals surface area contributed by atoms with E-state index < -0.39 is 4.92 Å². The average molecular weight is 314 g/mol. The average Bonchev–Trinajstić information content (AvgIpc) is 2.50. The molecule has 0 aromatic heterocycles. The van der Waals surface area contributed by atoms with E-state index in [4.69, 9.17) is 4.74 Å². The second-order valence-corrected chi connectivity index (χ2v) is 5.35. The van der Waals surface area contributed by atoms with Crippen LogP contribution in [0.25, 0.3) is 0 Å². The van der Waals surface area contributed by atoms with Crippen molar-refractivity contribution in [2.24, 2.45) is 0 Å². The smallest absolute Gasteiger partial charge is 0.271 e. The van der Waals surface area contributed by atoms with Crippen molar-refractivity contribution in [3.63, 3.8) is 0 Å². The molecule has 6 nitrogen and oxygen atoms in total. The molecule has 0 fully saturated rings. The number of nitro benzene ring substituents is 1. The predicted octanol–water partition coefficient (Wildman–Crippen LogP) is 3.78. The summed E-state index contributed by atoms with van der Waals surface area (Å²) in [5.41, 5.74) is 3.64. The Kier molecular flexibility index (Phi) is 4.64. The maximum atomic E-state index is 12.5. The molecule has 0 bridgehead atoms. The predicted molar refractivity (Wildman–Crippen MR) is 88.3 cm³/mol. The summed E-state index contributed by atoms with van der Waals surface area (Å²) < 4.78 is 5.15. The zero-order valence-corrected chi connectivity index (χ0v) is 13.5. The van der Waals surface area contributed by atoms with Crippen molar-refractivity contribution < 1.29 is 14.5 Å². The van der Waals surface area contributed by atoms with E-state index in [0.717, 1.165) is 16.7 Å². The molecular weight excluding hydrogens is 296 g/mol. The molecule has 6 heteroatoms. The number of benzene rings is 2. The number of carbonyl (C=O) groups is 1. The summed E-state index contributed by atoms with van der Waals surface area (Å²) in [6, 6.07) is 7.82. The lowest BCUT2D eigenvalue weighted by Crippen LogP contribution is -2.14. The molecule has 0 saturated carbocycles. The Bertz CT molecular complexity index is 784. The summed E-state index contributed by atoms with van der Waals surface area (Å²) in [6.07, 6.45) is 0. The molecular formula is C17H18N2O4. The molecule has 1 N–H and O–H groups in total. The Balaban J connectivity index is 2.38. The van der Waals surface area contributed by atoms with Crippen molar-refractivity contribution >= 4 is 17.3 Å². The van der Waals surface area contributed by atoms with Crippen molar-refractivity contribution in [2.75, 3.05) is 12.4 Å². The van der Waals surface area contributed by atoms with E-state index in [0.29, 0.717) is 11.3 Å². The van der Waals surface area contributed by atoms with Gasteiger partial charge in [0.1, 0.15) is 5.75 Å². The first-order valence-corrected chi connectivity index (χ1v) is 7.05. The third-order valence-corrected chi connectivity index (χ3v) is 3.73. The third kappa shape index (κ3) is 3.48. The van der Waals surface area contributed by atoms with Gasteiger partial charge in [0.15, 0.2) is 0 Å². The first kappa shape index (κ1) is 16.5. The fourth-order valence-electron chi connectivity index (χ4n) is 2.30. The Morgan fingerprint density at radius 2 is 1.74 bits per heavy atom. The number of nitrogens with one attached hydrogen (secondary N) is 1. The number of carbonyl (C=O) groups excluding carboxylic acids is 1. The fraction of sp³-hybridized carbons (Fsp3) is 0.235. The number of ether oxygens (including phenoxy) is 1. The van der Waals surface area contributed by atoms with Crippen molar-refractivity contribution in [3.05, 3.63) is 62.7 Å². The number of methoxy groups -OCH3 is 1. The molecule has 2 aromatic carbocycles. The van der Waals surface area contributed by atoms with E-state index >= 15 is 0 Å². The SMILES string of the molecule is COc1ccc([N+](=O)[O-])cc1NC(=O)c1cc(C)c(C)cc1C. The van der Waals surface area contributed by atoms with Crippen LogP contribution in [0.3, 0.4) is 0 Å². The Hall–Kier alpha value is -2.89. The molecule has 0 heterocycles. The van der Waals surface area contributed by atoms with Crippen LogP contribution in [0.5, 0.6) is 5.75 Å². The maximum absolute atomic E-state index is 12.5.